The second-order valence-electron chi connectivity index (χ2n) is 5.93. The van der Waals surface area contributed by atoms with Gasteiger partial charge in [0.1, 0.15) is 11.5 Å². The summed E-state index contributed by atoms with van der Waals surface area (Å²) in [5, 5.41) is 0.661. The van der Waals surface area contributed by atoms with E-state index in [4.69, 9.17) is 25.8 Å². The summed E-state index contributed by atoms with van der Waals surface area (Å²) in [6.45, 7) is 8.15. The molecule has 0 saturated carbocycles. The summed E-state index contributed by atoms with van der Waals surface area (Å²) in [5.41, 5.74) is 2.58. The molecule has 0 bridgehead atoms. The van der Waals surface area contributed by atoms with E-state index < -0.39 is 12.4 Å². The van der Waals surface area contributed by atoms with Crippen LogP contribution in [-0.2, 0) is 4.74 Å². The highest BCUT2D eigenvalue weighted by Crippen LogP contribution is 2.27. The molecule has 2 aromatic carbocycles. The highest BCUT2D eigenvalue weighted by Gasteiger charge is 2.19. The minimum atomic E-state index is -0.764. The highest BCUT2D eigenvalue weighted by molar-refractivity contribution is 6.32. The van der Waals surface area contributed by atoms with Crippen molar-refractivity contribution in [1.29, 1.82) is 0 Å². The number of halogens is 1. The van der Waals surface area contributed by atoms with Gasteiger partial charge in [0.25, 0.3) is 0 Å². The maximum Gasteiger partial charge on any atom is 0.515 e. The predicted molar refractivity (Wildman–Crippen MR) is 104 cm³/mol. The lowest BCUT2D eigenvalue weighted by Gasteiger charge is -2.29. The summed E-state index contributed by atoms with van der Waals surface area (Å²) in [6.07, 6.45) is -1.27. The summed E-state index contributed by atoms with van der Waals surface area (Å²) in [4.78, 5) is 14.1. The van der Waals surface area contributed by atoms with Gasteiger partial charge in [0.15, 0.2) is 6.23 Å². The van der Waals surface area contributed by atoms with Gasteiger partial charge in [-0.05, 0) is 63.1 Å². The number of carbonyl (C=O) groups is 1. The number of rotatable bonds is 6. The van der Waals surface area contributed by atoms with Gasteiger partial charge in [-0.1, -0.05) is 17.7 Å². The Labute approximate surface area is 159 Å². The molecule has 6 heteroatoms. The standard InChI is InChI=1S/C20H24ClNO4/c1-6-22(16-8-7-9-17(12-16)24-5)15(4)25-20(23)26-18-10-13(2)19(21)14(3)11-18/h7-12,15H,6H2,1-5H3. The number of hydrogen-bond donors (Lipinski definition) is 0. The van der Waals surface area contributed by atoms with Gasteiger partial charge in [-0.25, -0.2) is 4.79 Å². The number of aryl methyl sites for hydroxylation is 2. The predicted octanol–water partition coefficient (Wildman–Crippen LogP) is 5.35. The number of methoxy groups -OCH3 is 1. The van der Waals surface area contributed by atoms with E-state index in [2.05, 4.69) is 0 Å². The molecule has 1 atom stereocenters. The molecule has 1 unspecified atom stereocenters. The molecule has 2 aromatic rings. The first-order valence-corrected chi connectivity index (χ1v) is 8.79. The molecule has 0 aliphatic rings. The second-order valence-corrected chi connectivity index (χ2v) is 6.31. The smallest absolute Gasteiger partial charge is 0.497 e. The monoisotopic (exact) mass is 377 g/mol. The van der Waals surface area contributed by atoms with Crippen molar-refractivity contribution in [2.45, 2.75) is 33.9 Å². The lowest BCUT2D eigenvalue weighted by Crippen LogP contribution is -2.37. The van der Waals surface area contributed by atoms with Crippen molar-refractivity contribution in [1.82, 2.24) is 0 Å². The molecule has 0 spiro atoms. The average Bonchev–Trinajstić information content (AvgIpc) is 2.60. The fraction of sp³-hybridized carbons (Fsp3) is 0.350. The first-order valence-electron chi connectivity index (χ1n) is 8.41. The maximum absolute atomic E-state index is 12.2. The minimum Gasteiger partial charge on any atom is -0.497 e. The molecule has 0 radical (unpaired) electrons. The maximum atomic E-state index is 12.2. The quantitative estimate of drug-likeness (QED) is 0.385. The first-order chi connectivity index (χ1) is 12.3. The van der Waals surface area contributed by atoms with E-state index in [0.717, 1.165) is 22.6 Å². The Morgan fingerprint density at radius 2 is 1.81 bits per heavy atom. The van der Waals surface area contributed by atoms with E-state index in [1.807, 2.05) is 49.9 Å². The Morgan fingerprint density at radius 3 is 2.38 bits per heavy atom. The van der Waals surface area contributed by atoms with Gasteiger partial charge in [-0.2, -0.15) is 0 Å². The molecular formula is C20H24ClNO4. The fourth-order valence-corrected chi connectivity index (χ4v) is 2.84. The largest absolute Gasteiger partial charge is 0.515 e. The molecule has 0 fully saturated rings. The molecule has 0 amide bonds. The number of ether oxygens (including phenoxy) is 3. The zero-order chi connectivity index (χ0) is 19.3. The van der Waals surface area contributed by atoms with Gasteiger partial charge >= 0.3 is 6.16 Å². The van der Waals surface area contributed by atoms with E-state index in [-0.39, 0.29) is 0 Å². The van der Waals surface area contributed by atoms with Crippen LogP contribution in [0, 0.1) is 13.8 Å². The van der Waals surface area contributed by atoms with Crippen molar-refractivity contribution in [2.75, 3.05) is 18.6 Å². The van der Waals surface area contributed by atoms with Crippen molar-refractivity contribution in [3.63, 3.8) is 0 Å². The Bertz CT molecular complexity index is 755. The van der Waals surface area contributed by atoms with Crippen LogP contribution in [0.25, 0.3) is 0 Å². The molecule has 0 N–H and O–H groups in total. The Balaban J connectivity index is 2.07. The molecule has 26 heavy (non-hydrogen) atoms. The zero-order valence-corrected chi connectivity index (χ0v) is 16.5. The van der Waals surface area contributed by atoms with Gasteiger partial charge in [0.05, 0.1) is 7.11 Å². The van der Waals surface area contributed by atoms with Crippen molar-refractivity contribution in [3.8, 4) is 11.5 Å². The van der Waals surface area contributed by atoms with Crippen LogP contribution in [0.3, 0.4) is 0 Å². The van der Waals surface area contributed by atoms with Crippen molar-refractivity contribution in [3.05, 3.63) is 52.5 Å². The summed E-state index contributed by atoms with van der Waals surface area (Å²) in [6, 6.07) is 11.0. The van der Waals surface area contributed by atoms with Gasteiger partial charge in [0.2, 0.25) is 0 Å². The Kier molecular flexibility index (Phi) is 6.75. The number of benzene rings is 2. The summed E-state index contributed by atoms with van der Waals surface area (Å²) in [7, 11) is 1.61. The third-order valence-electron chi connectivity index (χ3n) is 4.04. The molecule has 140 valence electrons. The normalized spacial score (nSPS) is 11.6. The van der Waals surface area contributed by atoms with Crippen LogP contribution in [0.15, 0.2) is 36.4 Å². The van der Waals surface area contributed by atoms with Crippen LogP contribution in [0.5, 0.6) is 11.5 Å². The van der Waals surface area contributed by atoms with Gasteiger partial charge < -0.3 is 19.1 Å². The topological polar surface area (TPSA) is 48.0 Å². The third-order valence-corrected chi connectivity index (χ3v) is 4.64. The molecular weight excluding hydrogens is 354 g/mol. The van der Waals surface area contributed by atoms with E-state index >= 15 is 0 Å². The van der Waals surface area contributed by atoms with Crippen molar-refractivity contribution < 1.29 is 19.0 Å². The number of nitrogens with zero attached hydrogens (tertiary/aromatic N) is 1. The molecule has 5 nitrogen and oxygen atoms in total. The second kappa shape index (κ2) is 8.81. The van der Waals surface area contributed by atoms with E-state index in [1.54, 1.807) is 26.2 Å². The van der Waals surface area contributed by atoms with E-state index in [1.165, 1.54) is 0 Å². The summed E-state index contributed by atoms with van der Waals surface area (Å²) in [5.74, 6) is 1.15. The molecule has 0 aliphatic heterocycles. The Hall–Kier alpha value is -2.40. The zero-order valence-electron chi connectivity index (χ0n) is 15.7. The highest BCUT2D eigenvalue weighted by atomic mass is 35.5. The minimum absolute atomic E-state index is 0.408. The lowest BCUT2D eigenvalue weighted by atomic mass is 10.1. The van der Waals surface area contributed by atoms with Crippen LogP contribution < -0.4 is 14.4 Å². The lowest BCUT2D eigenvalue weighted by molar-refractivity contribution is 0.0645. The van der Waals surface area contributed by atoms with E-state index in [0.29, 0.717) is 17.3 Å². The SMILES string of the molecule is CCN(c1cccc(OC)c1)C(C)OC(=O)Oc1cc(C)c(Cl)c(C)c1. The van der Waals surface area contributed by atoms with Crippen molar-refractivity contribution in [2.24, 2.45) is 0 Å². The van der Waals surface area contributed by atoms with Crippen LogP contribution in [0.2, 0.25) is 5.02 Å². The van der Waals surface area contributed by atoms with Crippen LogP contribution in [0.4, 0.5) is 10.5 Å². The molecule has 2 rings (SSSR count). The first kappa shape index (κ1) is 19.9. The van der Waals surface area contributed by atoms with Crippen LogP contribution in [-0.4, -0.2) is 26.0 Å². The fourth-order valence-electron chi connectivity index (χ4n) is 2.73. The van der Waals surface area contributed by atoms with Gasteiger partial charge in [-0.3, -0.25) is 0 Å². The number of hydrogen-bond acceptors (Lipinski definition) is 5. The molecule has 0 heterocycles. The number of carbonyl (C=O) groups excluding carboxylic acids is 1. The van der Waals surface area contributed by atoms with Crippen LogP contribution in [0.1, 0.15) is 25.0 Å². The van der Waals surface area contributed by atoms with Gasteiger partial charge in [0, 0.05) is 23.3 Å². The Morgan fingerprint density at radius 1 is 1.15 bits per heavy atom. The average molecular weight is 378 g/mol. The molecule has 0 saturated heterocycles. The van der Waals surface area contributed by atoms with Gasteiger partial charge in [-0.15, -0.1) is 0 Å². The molecule has 0 aromatic heterocycles. The summed E-state index contributed by atoms with van der Waals surface area (Å²) >= 11 is 6.13. The third kappa shape index (κ3) is 4.82. The van der Waals surface area contributed by atoms with Crippen LogP contribution >= 0.6 is 11.6 Å². The van der Waals surface area contributed by atoms with Crippen molar-refractivity contribution >= 4 is 23.4 Å². The summed E-state index contributed by atoms with van der Waals surface area (Å²) < 4.78 is 16.0. The molecule has 0 aliphatic carbocycles. The number of anilines is 1. The van der Waals surface area contributed by atoms with E-state index in [9.17, 15) is 4.79 Å².